The number of hydrogen-bond acceptors (Lipinski definition) is 4. The zero-order chi connectivity index (χ0) is 18.5. The third kappa shape index (κ3) is 3.97. The maximum atomic E-state index is 13.9. The van der Waals surface area contributed by atoms with Gasteiger partial charge in [-0.3, -0.25) is 4.79 Å². The van der Waals surface area contributed by atoms with Gasteiger partial charge < -0.3 is 19.2 Å². The van der Waals surface area contributed by atoms with Crippen LogP contribution < -0.4 is 14.8 Å². The van der Waals surface area contributed by atoms with Gasteiger partial charge in [0, 0.05) is 0 Å². The second kappa shape index (κ2) is 7.93. The molecule has 0 bridgehead atoms. The fraction of sp³-hybridized carbons (Fsp3) is 0.105. The van der Waals surface area contributed by atoms with Crippen molar-refractivity contribution in [2.24, 2.45) is 0 Å². The van der Waals surface area contributed by atoms with Crippen molar-refractivity contribution in [2.45, 2.75) is 6.61 Å². The normalized spacial score (nSPS) is 10.4. The summed E-state index contributed by atoms with van der Waals surface area (Å²) >= 11 is 5.70. The largest absolute Gasteiger partial charge is 0.493 e. The Balaban J connectivity index is 1.65. The third-order valence-corrected chi connectivity index (χ3v) is 3.82. The summed E-state index contributed by atoms with van der Waals surface area (Å²) in [5, 5.41) is 2.34. The van der Waals surface area contributed by atoms with E-state index in [4.69, 9.17) is 25.5 Å². The molecule has 0 saturated carbocycles. The van der Waals surface area contributed by atoms with E-state index in [2.05, 4.69) is 5.32 Å². The van der Waals surface area contributed by atoms with E-state index < -0.39 is 11.7 Å². The number of amides is 1. The maximum Gasteiger partial charge on any atom is 0.291 e. The average Bonchev–Trinajstić information content (AvgIpc) is 3.13. The summed E-state index contributed by atoms with van der Waals surface area (Å²) in [5.74, 6) is 0.325. The number of nitrogens with one attached hydrogen (secondary N) is 1. The van der Waals surface area contributed by atoms with Crippen molar-refractivity contribution in [3.63, 3.8) is 0 Å². The van der Waals surface area contributed by atoms with Crippen LogP contribution in [0.5, 0.6) is 11.5 Å². The Bertz CT molecular complexity index is 925. The molecule has 1 aromatic heterocycles. The number of carbonyl (C=O) groups is 1. The summed E-state index contributed by atoms with van der Waals surface area (Å²) in [6.45, 7) is 0.110. The highest BCUT2D eigenvalue weighted by Crippen LogP contribution is 2.27. The van der Waals surface area contributed by atoms with E-state index in [1.54, 1.807) is 25.3 Å². The van der Waals surface area contributed by atoms with Crippen LogP contribution >= 0.6 is 11.6 Å². The van der Waals surface area contributed by atoms with Crippen molar-refractivity contribution in [1.29, 1.82) is 0 Å². The van der Waals surface area contributed by atoms with Gasteiger partial charge in [0.05, 0.1) is 17.8 Å². The molecule has 5 nitrogen and oxygen atoms in total. The minimum absolute atomic E-state index is 0.0225. The number of halogens is 2. The van der Waals surface area contributed by atoms with Gasteiger partial charge in [-0.05, 0) is 36.4 Å². The summed E-state index contributed by atoms with van der Waals surface area (Å²) in [4.78, 5) is 12.2. The molecule has 3 aromatic rings. The maximum absolute atomic E-state index is 13.9. The van der Waals surface area contributed by atoms with E-state index in [0.29, 0.717) is 17.3 Å². The van der Waals surface area contributed by atoms with Crippen molar-refractivity contribution < 1.29 is 23.1 Å². The molecule has 0 aliphatic rings. The number of benzene rings is 2. The van der Waals surface area contributed by atoms with Gasteiger partial charge in [-0.15, -0.1) is 0 Å². The molecule has 0 aliphatic carbocycles. The number of anilines is 1. The molecule has 1 heterocycles. The van der Waals surface area contributed by atoms with Gasteiger partial charge in [0.1, 0.15) is 12.4 Å². The highest BCUT2D eigenvalue weighted by molar-refractivity contribution is 6.31. The molecular weight excluding hydrogens is 361 g/mol. The summed E-state index contributed by atoms with van der Waals surface area (Å²) in [6.07, 6.45) is 0. The van der Waals surface area contributed by atoms with Crippen LogP contribution in [-0.4, -0.2) is 13.0 Å². The van der Waals surface area contributed by atoms with Crippen LogP contribution in [0.1, 0.15) is 16.3 Å². The quantitative estimate of drug-likeness (QED) is 0.664. The lowest BCUT2D eigenvalue weighted by Gasteiger charge is -2.09. The van der Waals surface area contributed by atoms with Crippen LogP contribution in [0.4, 0.5) is 10.1 Å². The zero-order valence-electron chi connectivity index (χ0n) is 13.8. The van der Waals surface area contributed by atoms with Gasteiger partial charge in [-0.25, -0.2) is 4.39 Å². The molecule has 1 amide bonds. The monoisotopic (exact) mass is 375 g/mol. The Kier molecular flexibility index (Phi) is 5.43. The van der Waals surface area contributed by atoms with E-state index in [1.807, 2.05) is 12.1 Å². The number of rotatable bonds is 6. The number of methoxy groups -OCH3 is 1. The molecule has 1 N–H and O–H groups in total. The topological polar surface area (TPSA) is 60.7 Å². The molecule has 0 radical (unpaired) electrons. The van der Waals surface area contributed by atoms with E-state index >= 15 is 0 Å². The molecule has 134 valence electrons. The second-order valence-corrected chi connectivity index (χ2v) is 5.67. The van der Waals surface area contributed by atoms with Crippen LogP contribution in [0.25, 0.3) is 0 Å². The smallest absolute Gasteiger partial charge is 0.291 e. The van der Waals surface area contributed by atoms with Crippen LogP contribution in [0.3, 0.4) is 0 Å². The Morgan fingerprint density at radius 2 is 1.88 bits per heavy atom. The predicted molar refractivity (Wildman–Crippen MR) is 95.4 cm³/mol. The number of ether oxygens (including phenoxy) is 2. The first-order valence-electron chi connectivity index (χ1n) is 7.68. The lowest BCUT2D eigenvalue weighted by molar-refractivity contribution is 0.0992. The van der Waals surface area contributed by atoms with E-state index in [0.717, 1.165) is 0 Å². The third-order valence-electron chi connectivity index (χ3n) is 3.52. The Labute approximate surface area is 154 Å². The highest BCUT2D eigenvalue weighted by atomic mass is 35.5. The van der Waals surface area contributed by atoms with Gasteiger partial charge in [0.15, 0.2) is 23.1 Å². The number of carbonyl (C=O) groups excluding carboxylic acids is 1. The van der Waals surface area contributed by atoms with E-state index in [-0.39, 0.29) is 23.1 Å². The zero-order valence-corrected chi connectivity index (χ0v) is 14.5. The fourth-order valence-electron chi connectivity index (χ4n) is 2.25. The summed E-state index contributed by atoms with van der Waals surface area (Å²) < 4.78 is 30.1. The van der Waals surface area contributed by atoms with Gasteiger partial charge in [0.2, 0.25) is 0 Å². The van der Waals surface area contributed by atoms with Crippen LogP contribution in [0.2, 0.25) is 5.02 Å². The van der Waals surface area contributed by atoms with Gasteiger partial charge in [0.25, 0.3) is 5.91 Å². The Morgan fingerprint density at radius 3 is 2.65 bits per heavy atom. The molecule has 0 saturated heterocycles. The lowest BCUT2D eigenvalue weighted by Crippen LogP contribution is -2.12. The Hall–Kier alpha value is -2.99. The van der Waals surface area contributed by atoms with Crippen molar-refractivity contribution >= 4 is 23.2 Å². The minimum atomic E-state index is -0.700. The van der Waals surface area contributed by atoms with Crippen molar-refractivity contribution in [1.82, 2.24) is 0 Å². The average molecular weight is 376 g/mol. The van der Waals surface area contributed by atoms with Gasteiger partial charge >= 0.3 is 0 Å². The number of hydrogen-bond donors (Lipinski definition) is 1. The molecule has 0 unspecified atom stereocenters. The molecule has 0 spiro atoms. The van der Waals surface area contributed by atoms with Gasteiger partial charge in [-0.1, -0.05) is 29.8 Å². The predicted octanol–water partition coefficient (Wildman–Crippen LogP) is 4.91. The standard InChI is InChI=1S/C19H15ClFNO4/c1-24-15-7-2-3-8-16(15)25-11-12-9-10-17(26-12)19(23)22-14-6-4-5-13(20)18(14)21/h2-10H,11H2,1H3,(H,22,23). The Morgan fingerprint density at radius 1 is 1.12 bits per heavy atom. The number of furan rings is 1. The van der Waals surface area contributed by atoms with E-state index in [9.17, 15) is 9.18 Å². The minimum Gasteiger partial charge on any atom is -0.493 e. The SMILES string of the molecule is COc1ccccc1OCc1ccc(C(=O)Nc2cccc(Cl)c2F)o1. The summed E-state index contributed by atoms with van der Waals surface area (Å²) in [6, 6.07) is 14.6. The summed E-state index contributed by atoms with van der Waals surface area (Å²) in [7, 11) is 1.55. The molecule has 3 rings (SSSR count). The molecule has 26 heavy (non-hydrogen) atoms. The summed E-state index contributed by atoms with van der Waals surface area (Å²) in [5.41, 5.74) is -0.0225. The molecule has 0 aliphatic heterocycles. The first-order valence-corrected chi connectivity index (χ1v) is 8.06. The van der Waals surface area contributed by atoms with Gasteiger partial charge in [-0.2, -0.15) is 0 Å². The molecular formula is C19H15ClFNO4. The molecule has 0 fully saturated rings. The first kappa shape index (κ1) is 17.8. The number of para-hydroxylation sites is 2. The second-order valence-electron chi connectivity index (χ2n) is 5.26. The van der Waals surface area contributed by atoms with Crippen molar-refractivity contribution in [3.05, 3.63) is 77.0 Å². The van der Waals surface area contributed by atoms with Crippen LogP contribution in [-0.2, 0) is 6.61 Å². The molecule has 0 atom stereocenters. The lowest BCUT2D eigenvalue weighted by atomic mass is 10.3. The molecule has 2 aromatic carbocycles. The van der Waals surface area contributed by atoms with Crippen LogP contribution in [0, 0.1) is 5.82 Å². The van der Waals surface area contributed by atoms with Crippen LogP contribution in [0.15, 0.2) is 59.0 Å². The fourth-order valence-corrected chi connectivity index (χ4v) is 2.42. The first-order chi connectivity index (χ1) is 12.6. The highest BCUT2D eigenvalue weighted by Gasteiger charge is 2.15. The molecule has 7 heteroatoms. The van der Waals surface area contributed by atoms with Crippen molar-refractivity contribution in [3.8, 4) is 11.5 Å². The van der Waals surface area contributed by atoms with E-state index in [1.165, 1.54) is 24.3 Å². The van der Waals surface area contributed by atoms with Crippen molar-refractivity contribution in [2.75, 3.05) is 12.4 Å².